The Morgan fingerprint density at radius 1 is 1.23 bits per heavy atom. The van der Waals surface area contributed by atoms with Crippen molar-refractivity contribution < 1.29 is 23.8 Å². The van der Waals surface area contributed by atoms with E-state index in [-0.39, 0.29) is 22.9 Å². The molecule has 0 aliphatic heterocycles. The highest BCUT2D eigenvalue weighted by molar-refractivity contribution is 6.32. The quantitative estimate of drug-likeness (QED) is 0.283. The van der Waals surface area contributed by atoms with E-state index in [4.69, 9.17) is 25.8 Å². The highest BCUT2D eigenvalue weighted by Gasteiger charge is 2.25. The fraction of sp³-hybridized carbons (Fsp3) is 0.318. The summed E-state index contributed by atoms with van der Waals surface area (Å²) in [6.45, 7) is 7.43. The van der Waals surface area contributed by atoms with Gasteiger partial charge in [0.05, 0.1) is 36.6 Å². The number of nitriles is 1. The molecule has 0 saturated carbocycles. The molecule has 2 aromatic rings. The summed E-state index contributed by atoms with van der Waals surface area (Å²) in [7, 11) is 1.47. The van der Waals surface area contributed by atoms with Crippen LogP contribution in [0.2, 0.25) is 5.02 Å². The SMILES string of the molecule is CCOC(=O)c1c(C)[nH]c(C(=O)/C(C#N)=C/c2cc(Cl)c(OC)c(OCC)c2)c1C. The van der Waals surface area contributed by atoms with E-state index < -0.39 is 11.8 Å². The molecular weight excluding hydrogens is 408 g/mol. The molecule has 2 rings (SSSR count). The zero-order chi connectivity index (χ0) is 22.4. The van der Waals surface area contributed by atoms with E-state index in [1.807, 2.05) is 13.0 Å². The summed E-state index contributed by atoms with van der Waals surface area (Å²) < 4.78 is 15.8. The van der Waals surface area contributed by atoms with Crippen LogP contribution in [0.25, 0.3) is 6.08 Å². The number of ketones is 1. The number of methoxy groups -OCH3 is 1. The van der Waals surface area contributed by atoms with E-state index >= 15 is 0 Å². The lowest BCUT2D eigenvalue weighted by molar-refractivity contribution is 0.0525. The average Bonchev–Trinajstić information content (AvgIpc) is 3.00. The molecule has 30 heavy (non-hydrogen) atoms. The van der Waals surface area contributed by atoms with Gasteiger partial charge >= 0.3 is 5.97 Å². The molecule has 0 spiro atoms. The monoisotopic (exact) mass is 430 g/mol. The second kappa shape index (κ2) is 9.99. The van der Waals surface area contributed by atoms with Crippen molar-refractivity contribution in [1.82, 2.24) is 4.98 Å². The fourth-order valence-corrected chi connectivity index (χ4v) is 3.37. The number of H-pyrrole nitrogens is 1. The van der Waals surface area contributed by atoms with Crippen molar-refractivity contribution in [2.45, 2.75) is 27.7 Å². The van der Waals surface area contributed by atoms with Crippen molar-refractivity contribution >= 4 is 29.4 Å². The standard InChI is InChI=1S/C22H23ClN2O5/c1-6-29-17-10-14(9-16(23)21(17)28-5)8-15(11-24)20(26)19-12(3)18(13(4)25-19)22(27)30-7-2/h8-10,25H,6-7H2,1-5H3/b15-8+. The van der Waals surface area contributed by atoms with Crippen LogP contribution in [0.5, 0.6) is 11.5 Å². The Kier molecular flexibility index (Phi) is 7.67. The molecule has 0 fully saturated rings. The van der Waals surface area contributed by atoms with E-state index in [2.05, 4.69) is 4.98 Å². The van der Waals surface area contributed by atoms with Gasteiger partial charge < -0.3 is 19.2 Å². The number of aromatic amines is 1. The average molecular weight is 431 g/mol. The maximum absolute atomic E-state index is 13.0. The van der Waals surface area contributed by atoms with Crippen LogP contribution >= 0.6 is 11.6 Å². The van der Waals surface area contributed by atoms with Gasteiger partial charge in [0, 0.05) is 5.69 Å². The number of halogens is 1. The number of allylic oxidation sites excluding steroid dienone is 1. The highest BCUT2D eigenvalue weighted by atomic mass is 35.5. The molecule has 0 amide bonds. The van der Waals surface area contributed by atoms with E-state index in [1.54, 1.807) is 32.9 Å². The number of esters is 1. The zero-order valence-electron chi connectivity index (χ0n) is 17.5. The number of nitrogens with zero attached hydrogens (tertiary/aromatic N) is 1. The zero-order valence-corrected chi connectivity index (χ0v) is 18.3. The number of nitrogens with one attached hydrogen (secondary N) is 1. The van der Waals surface area contributed by atoms with Gasteiger partial charge in [-0.25, -0.2) is 4.79 Å². The smallest absolute Gasteiger partial charge is 0.340 e. The molecule has 0 saturated heterocycles. The first-order valence-electron chi connectivity index (χ1n) is 9.32. The van der Waals surface area contributed by atoms with Gasteiger partial charge in [0.15, 0.2) is 11.5 Å². The molecule has 1 N–H and O–H groups in total. The number of ether oxygens (including phenoxy) is 3. The summed E-state index contributed by atoms with van der Waals surface area (Å²) in [6.07, 6.45) is 1.41. The lowest BCUT2D eigenvalue weighted by Gasteiger charge is -2.12. The second-order valence-corrected chi connectivity index (χ2v) is 6.72. The number of aromatic nitrogens is 1. The third-order valence-electron chi connectivity index (χ3n) is 4.36. The van der Waals surface area contributed by atoms with Gasteiger partial charge in [-0.3, -0.25) is 4.79 Å². The molecule has 0 aliphatic rings. The second-order valence-electron chi connectivity index (χ2n) is 6.31. The first-order chi connectivity index (χ1) is 14.3. The normalized spacial score (nSPS) is 11.0. The van der Waals surface area contributed by atoms with Crippen molar-refractivity contribution in [2.24, 2.45) is 0 Å². The lowest BCUT2D eigenvalue weighted by Crippen LogP contribution is -2.08. The minimum Gasteiger partial charge on any atom is -0.491 e. The highest BCUT2D eigenvalue weighted by Crippen LogP contribution is 2.37. The molecule has 8 heteroatoms. The van der Waals surface area contributed by atoms with Crippen LogP contribution in [0.1, 0.15) is 51.5 Å². The van der Waals surface area contributed by atoms with Crippen LogP contribution in [0.3, 0.4) is 0 Å². The van der Waals surface area contributed by atoms with Crippen LogP contribution in [-0.4, -0.2) is 37.1 Å². The van der Waals surface area contributed by atoms with Crippen molar-refractivity contribution in [3.05, 3.63) is 50.8 Å². The summed E-state index contributed by atoms with van der Waals surface area (Å²) in [6, 6.07) is 5.13. The van der Waals surface area contributed by atoms with E-state index in [9.17, 15) is 14.9 Å². The fourth-order valence-electron chi connectivity index (χ4n) is 3.07. The molecule has 1 aromatic carbocycles. The summed E-state index contributed by atoms with van der Waals surface area (Å²) in [5.41, 5.74) is 1.76. The van der Waals surface area contributed by atoms with Crippen LogP contribution in [0, 0.1) is 25.2 Å². The number of carbonyl (C=O) groups excluding carboxylic acids is 2. The third-order valence-corrected chi connectivity index (χ3v) is 4.64. The summed E-state index contributed by atoms with van der Waals surface area (Å²) in [5, 5.41) is 9.88. The number of carbonyl (C=O) groups is 2. The molecule has 158 valence electrons. The summed E-state index contributed by atoms with van der Waals surface area (Å²) in [4.78, 5) is 28.1. The largest absolute Gasteiger partial charge is 0.491 e. The Morgan fingerprint density at radius 3 is 2.50 bits per heavy atom. The van der Waals surface area contributed by atoms with Gasteiger partial charge in [-0.2, -0.15) is 5.26 Å². The number of benzene rings is 1. The lowest BCUT2D eigenvalue weighted by atomic mass is 10.0. The Bertz CT molecular complexity index is 1050. The van der Waals surface area contributed by atoms with Gasteiger partial charge in [0.1, 0.15) is 11.6 Å². The topological polar surface area (TPSA) is 101 Å². The Hall–Kier alpha value is -3.24. The van der Waals surface area contributed by atoms with Gasteiger partial charge in [0.25, 0.3) is 0 Å². The number of hydrogen-bond donors (Lipinski definition) is 1. The van der Waals surface area contributed by atoms with E-state index in [0.717, 1.165) is 0 Å². The number of aryl methyl sites for hydroxylation is 1. The predicted octanol–water partition coefficient (Wildman–Crippen LogP) is 4.66. The summed E-state index contributed by atoms with van der Waals surface area (Å²) >= 11 is 6.25. The van der Waals surface area contributed by atoms with E-state index in [1.165, 1.54) is 13.2 Å². The van der Waals surface area contributed by atoms with Gasteiger partial charge in [-0.05, 0) is 57.0 Å². The van der Waals surface area contributed by atoms with E-state index in [0.29, 0.717) is 40.5 Å². The summed E-state index contributed by atoms with van der Waals surface area (Å²) in [5.74, 6) is -0.289. The Morgan fingerprint density at radius 2 is 1.93 bits per heavy atom. The molecule has 0 atom stereocenters. The molecule has 0 bridgehead atoms. The molecule has 0 aliphatic carbocycles. The molecule has 0 unspecified atom stereocenters. The molecule has 1 heterocycles. The van der Waals surface area contributed by atoms with Gasteiger partial charge in [0.2, 0.25) is 5.78 Å². The minimum atomic E-state index is -0.543. The third kappa shape index (κ3) is 4.66. The molecule has 1 aromatic heterocycles. The van der Waals surface area contributed by atoms with Crippen LogP contribution in [0.4, 0.5) is 0 Å². The molecular formula is C22H23ClN2O5. The first-order valence-corrected chi connectivity index (χ1v) is 9.69. The van der Waals surface area contributed by atoms with Crippen molar-refractivity contribution in [1.29, 1.82) is 5.26 Å². The maximum Gasteiger partial charge on any atom is 0.340 e. The van der Waals surface area contributed by atoms with Crippen LogP contribution in [-0.2, 0) is 4.74 Å². The number of rotatable bonds is 8. The Labute approximate surface area is 180 Å². The van der Waals surface area contributed by atoms with Crippen molar-refractivity contribution in [3.8, 4) is 17.6 Å². The maximum atomic E-state index is 13.0. The van der Waals surface area contributed by atoms with Crippen LogP contribution < -0.4 is 9.47 Å². The van der Waals surface area contributed by atoms with Gasteiger partial charge in [-0.15, -0.1) is 0 Å². The van der Waals surface area contributed by atoms with Crippen molar-refractivity contribution in [2.75, 3.05) is 20.3 Å². The van der Waals surface area contributed by atoms with Crippen LogP contribution in [0.15, 0.2) is 17.7 Å². The molecule has 0 radical (unpaired) electrons. The van der Waals surface area contributed by atoms with Crippen molar-refractivity contribution in [3.63, 3.8) is 0 Å². The predicted molar refractivity (Wildman–Crippen MR) is 113 cm³/mol. The Balaban J connectivity index is 2.50. The minimum absolute atomic E-state index is 0.126. The van der Waals surface area contributed by atoms with Gasteiger partial charge in [-0.1, -0.05) is 11.6 Å². The molecule has 7 nitrogen and oxygen atoms in total. The number of hydrogen-bond acceptors (Lipinski definition) is 6. The first kappa shape index (κ1) is 23.0. The number of Topliss-reactive ketones (excluding diaryl/α,β-unsaturated/α-hetero) is 1.